The first-order valence-electron chi connectivity index (χ1n) is 8.13. The van der Waals surface area contributed by atoms with Gasteiger partial charge in [0.25, 0.3) is 0 Å². The molecule has 4 heteroatoms. The molecule has 1 atom stereocenters. The van der Waals surface area contributed by atoms with E-state index in [9.17, 15) is 0 Å². The minimum absolute atomic E-state index is 0.0871. The third-order valence-electron chi connectivity index (χ3n) is 5.07. The number of imidazole rings is 1. The molecule has 0 fully saturated rings. The first-order valence-corrected chi connectivity index (χ1v) is 8.13. The van der Waals surface area contributed by atoms with E-state index in [1.807, 2.05) is 6.20 Å². The summed E-state index contributed by atoms with van der Waals surface area (Å²) in [4.78, 5) is 9.20. The lowest BCUT2D eigenvalue weighted by atomic mass is 9.88. The van der Waals surface area contributed by atoms with E-state index in [1.165, 1.54) is 11.1 Å². The second kappa shape index (κ2) is 5.44. The van der Waals surface area contributed by atoms with Crippen LogP contribution in [-0.4, -0.2) is 20.6 Å². The van der Waals surface area contributed by atoms with Crippen LogP contribution >= 0.6 is 0 Å². The van der Waals surface area contributed by atoms with Crippen LogP contribution in [0.5, 0.6) is 0 Å². The normalized spacial score (nSPS) is 18.1. The molecule has 0 spiro atoms. The standard InChI is InChI=1S/C19H26N4/c1-14-9-7-8-10-17(14)19(4,5)23-12-11-22(16(23)3)18-20-13-15(2)21(18)6/h7-13,16H,1-6H3/t16-/m1/s1. The molecule has 1 aliphatic heterocycles. The van der Waals surface area contributed by atoms with E-state index < -0.39 is 0 Å². The molecule has 0 saturated carbocycles. The molecule has 0 aliphatic carbocycles. The lowest BCUT2D eigenvalue weighted by Crippen LogP contribution is -2.47. The molecule has 0 saturated heterocycles. The van der Waals surface area contributed by atoms with Gasteiger partial charge in [-0.05, 0) is 45.7 Å². The van der Waals surface area contributed by atoms with E-state index in [4.69, 9.17) is 0 Å². The highest BCUT2D eigenvalue weighted by Crippen LogP contribution is 2.36. The Labute approximate surface area is 139 Å². The van der Waals surface area contributed by atoms with Gasteiger partial charge in [0.2, 0.25) is 5.95 Å². The molecule has 0 N–H and O–H groups in total. The Bertz CT molecular complexity index is 742. The molecular weight excluding hydrogens is 284 g/mol. The highest BCUT2D eigenvalue weighted by Gasteiger charge is 2.37. The van der Waals surface area contributed by atoms with Gasteiger partial charge in [0.05, 0.1) is 11.7 Å². The average Bonchev–Trinajstić information content (AvgIpc) is 3.04. The Hall–Kier alpha value is -2.23. The molecule has 0 radical (unpaired) electrons. The first kappa shape index (κ1) is 15.7. The van der Waals surface area contributed by atoms with Gasteiger partial charge in [-0.1, -0.05) is 24.3 Å². The molecule has 2 aromatic rings. The van der Waals surface area contributed by atoms with Crippen LogP contribution in [0.15, 0.2) is 42.9 Å². The van der Waals surface area contributed by atoms with Gasteiger partial charge in [0, 0.05) is 25.1 Å². The van der Waals surface area contributed by atoms with E-state index in [1.54, 1.807) is 0 Å². The average molecular weight is 310 g/mol. The topological polar surface area (TPSA) is 24.3 Å². The van der Waals surface area contributed by atoms with Crippen molar-refractivity contribution in [3.05, 3.63) is 59.7 Å². The van der Waals surface area contributed by atoms with Gasteiger partial charge in [-0.3, -0.25) is 4.90 Å². The third kappa shape index (κ3) is 2.42. The van der Waals surface area contributed by atoms with Gasteiger partial charge in [0.1, 0.15) is 6.17 Å². The van der Waals surface area contributed by atoms with E-state index in [-0.39, 0.29) is 11.7 Å². The van der Waals surface area contributed by atoms with Crippen molar-refractivity contribution in [1.29, 1.82) is 0 Å². The molecule has 0 amide bonds. The molecule has 3 rings (SSSR count). The minimum atomic E-state index is -0.0871. The van der Waals surface area contributed by atoms with Gasteiger partial charge in [-0.2, -0.15) is 0 Å². The summed E-state index contributed by atoms with van der Waals surface area (Å²) in [6.45, 7) is 11.0. The van der Waals surface area contributed by atoms with Crippen molar-refractivity contribution in [3.8, 4) is 0 Å². The van der Waals surface area contributed by atoms with E-state index >= 15 is 0 Å². The van der Waals surface area contributed by atoms with Crippen LogP contribution in [0.2, 0.25) is 0 Å². The van der Waals surface area contributed by atoms with Crippen molar-refractivity contribution in [3.63, 3.8) is 0 Å². The summed E-state index contributed by atoms with van der Waals surface area (Å²) in [6, 6.07) is 8.63. The van der Waals surface area contributed by atoms with Crippen molar-refractivity contribution in [1.82, 2.24) is 14.5 Å². The van der Waals surface area contributed by atoms with Gasteiger partial charge >= 0.3 is 0 Å². The molecule has 1 aliphatic rings. The Morgan fingerprint density at radius 3 is 2.39 bits per heavy atom. The number of aromatic nitrogens is 2. The van der Waals surface area contributed by atoms with Gasteiger partial charge in [-0.25, -0.2) is 4.98 Å². The predicted molar refractivity (Wildman–Crippen MR) is 95.1 cm³/mol. The minimum Gasteiger partial charge on any atom is -0.347 e. The summed E-state index contributed by atoms with van der Waals surface area (Å²) in [7, 11) is 2.06. The molecule has 4 nitrogen and oxygen atoms in total. The van der Waals surface area contributed by atoms with Gasteiger partial charge in [0.15, 0.2) is 0 Å². The highest BCUT2D eigenvalue weighted by atomic mass is 15.5. The third-order valence-corrected chi connectivity index (χ3v) is 5.07. The maximum Gasteiger partial charge on any atom is 0.211 e. The first-order chi connectivity index (χ1) is 10.8. The molecule has 2 heterocycles. The highest BCUT2D eigenvalue weighted by molar-refractivity contribution is 5.43. The fourth-order valence-electron chi connectivity index (χ4n) is 3.53. The summed E-state index contributed by atoms with van der Waals surface area (Å²) in [6.07, 6.45) is 6.45. The van der Waals surface area contributed by atoms with Crippen LogP contribution in [0.1, 0.15) is 37.6 Å². The monoisotopic (exact) mass is 310 g/mol. The number of nitrogens with zero attached hydrogens (tertiary/aromatic N) is 4. The second-order valence-electron chi connectivity index (χ2n) is 6.88. The van der Waals surface area contributed by atoms with Crippen LogP contribution in [0, 0.1) is 13.8 Å². The summed E-state index contributed by atoms with van der Waals surface area (Å²) in [5.74, 6) is 0.981. The number of hydrogen-bond acceptors (Lipinski definition) is 3. The van der Waals surface area contributed by atoms with Crippen LogP contribution in [0.3, 0.4) is 0 Å². The number of rotatable bonds is 3. The number of anilines is 1. The van der Waals surface area contributed by atoms with E-state index in [0.717, 1.165) is 11.6 Å². The quantitative estimate of drug-likeness (QED) is 0.859. The maximum atomic E-state index is 4.57. The maximum absolute atomic E-state index is 4.57. The number of aryl methyl sites for hydroxylation is 2. The number of hydrogen-bond donors (Lipinski definition) is 0. The van der Waals surface area contributed by atoms with Gasteiger partial charge < -0.3 is 9.47 Å². The zero-order valence-electron chi connectivity index (χ0n) is 14.9. The van der Waals surface area contributed by atoms with Crippen molar-refractivity contribution in [2.24, 2.45) is 7.05 Å². The molecule has 0 unspecified atom stereocenters. The zero-order valence-corrected chi connectivity index (χ0v) is 14.9. The zero-order chi connectivity index (χ0) is 16.8. The Morgan fingerprint density at radius 1 is 1.09 bits per heavy atom. The predicted octanol–water partition coefficient (Wildman–Crippen LogP) is 3.91. The van der Waals surface area contributed by atoms with Crippen LogP contribution in [-0.2, 0) is 12.6 Å². The summed E-state index contributed by atoms with van der Waals surface area (Å²) < 4.78 is 2.13. The molecule has 23 heavy (non-hydrogen) atoms. The van der Waals surface area contributed by atoms with E-state index in [2.05, 4.69) is 97.7 Å². The summed E-state index contributed by atoms with van der Waals surface area (Å²) >= 11 is 0. The van der Waals surface area contributed by atoms with Crippen LogP contribution in [0.4, 0.5) is 5.95 Å². The van der Waals surface area contributed by atoms with Crippen LogP contribution < -0.4 is 4.90 Å². The Kier molecular flexibility index (Phi) is 3.71. The molecule has 1 aromatic carbocycles. The largest absolute Gasteiger partial charge is 0.347 e. The lowest BCUT2D eigenvalue weighted by Gasteiger charge is -2.42. The smallest absolute Gasteiger partial charge is 0.211 e. The molecule has 122 valence electrons. The van der Waals surface area contributed by atoms with Crippen molar-refractivity contribution in [2.75, 3.05) is 4.90 Å². The van der Waals surface area contributed by atoms with Crippen molar-refractivity contribution >= 4 is 5.95 Å². The Balaban J connectivity index is 1.93. The second-order valence-corrected chi connectivity index (χ2v) is 6.88. The van der Waals surface area contributed by atoms with Crippen molar-refractivity contribution < 1.29 is 0 Å². The molecular formula is C19H26N4. The fraction of sp³-hybridized carbons (Fsp3) is 0.421. The molecule has 1 aromatic heterocycles. The number of benzene rings is 1. The SMILES string of the molecule is Cc1ccccc1C(C)(C)N1C=CN(c2ncc(C)n2C)[C@H]1C. The van der Waals surface area contributed by atoms with Gasteiger partial charge in [-0.15, -0.1) is 0 Å². The lowest BCUT2D eigenvalue weighted by molar-refractivity contribution is 0.151. The summed E-state index contributed by atoms with van der Waals surface area (Å²) in [5.41, 5.74) is 3.76. The Morgan fingerprint density at radius 2 is 1.78 bits per heavy atom. The van der Waals surface area contributed by atoms with E-state index in [0.29, 0.717) is 0 Å². The fourth-order valence-corrected chi connectivity index (χ4v) is 3.53. The molecule has 0 bridgehead atoms. The summed E-state index contributed by atoms with van der Waals surface area (Å²) in [5, 5.41) is 0. The van der Waals surface area contributed by atoms with Crippen molar-refractivity contribution in [2.45, 2.75) is 46.3 Å². The van der Waals surface area contributed by atoms with Crippen LogP contribution in [0.25, 0.3) is 0 Å².